The Hall–Kier alpha value is -3.54. The predicted molar refractivity (Wildman–Crippen MR) is 107 cm³/mol. The monoisotopic (exact) mass is 392 g/mol. The number of carbonyl (C=O) groups excluding carboxylic acids is 2. The summed E-state index contributed by atoms with van der Waals surface area (Å²) >= 11 is 0. The number of hydrogen-bond acceptors (Lipinski definition) is 6. The van der Waals surface area contributed by atoms with E-state index in [1.165, 1.54) is 0 Å². The SMILES string of the molecule is Cc1c(C(=O)OCCCOC(=O)c2oc3ccccc3c2C)oc2ccccc12. The van der Waals surface area contributed by atoms with Crippen molar-refractivity contribution in [2.45, 2.75) is 20.3 Å². The highest BCUT2D eigenvalue weighted by molar-refractivity contribution is 5.96. The molecule has 0 atom stereocenters. The molecule has 0 amide bonds. The molecule has 6 heteroatoms. The lowest BCUT2D eigenvalue weighted by Crippen LogP contribution is -2.11. The Morgan fingerprint density at radius 2 is 1.14 bits per heavy atom. The number of para-hydroxylation sites is 2. The molecule has 0 spiro atoms. The van der Waals surface area contributed by atoms with Crippen molar-refractivity contribution < 1.29 is 27.9 Å². The summed E-state index contributed by atoms with van der Waals surface area (Å²) < 4.78 is 21.7. The van der Waals surface area contributed by atoms with E-state index in [1.54, 1.807) is 12.1 Å². The van der Waals surface area contributed by atoms with Gasteiger partial charge in [-0.05, 0) is 26.0 Å². The van der Waals surface area contributed by atoms with Gasteiger partial charge in [0.1, 0.15) is 11.2 Å². The second-order valence-corrected chi connectivity index (χ2v) is 6.73. The molecular weight excluding hydrogens is 372 g/mol. The van der Waals surface area contributed by atoms with Gasteiger partial charge in [-0.25, -0.2) is 9.59 Å². The first kappa shape index (κ1) is 18.8. The average molecular weight is 392 g/mol. The Bertz CT molecular complexity index is 1100. The van der Waals surface area contributed by atoms with Crippen molar-refractivity contribution in [1.82, 2.24) is 0 Å². The van der Waals surface area contributed by atoms with Crippen LogP contribution in [0.4, 0.5) is 0 Å². The first-order chi connectivity index (χ1) is 14.1. The molecule has 0 fully saturated rings. The van der Waals surface area contributed by atoms with Crippen LogP contribution in [0.25, 0.3) is 21.9 Å². The zero-order chi connectivity index (χ0) is 20.4. The lowest BCUT2D eigenvalue weighted by molar-refractivity contribution is 0.0360. The number of esters is 2. The van der Waals surface area contributed by atoms with Crippen molar-refractivity contribution >= 4 is 33.9 Å². The molecule has 0 N–H and O–H groups in total. The lowest BCUT2D eigenvalue weighted by Gasteiger charge is -2.05. The van der Waals surface area contributed by atoms with Crippen LogP contribution in [-0.2, 0) is 9.47 Å². The van der Waals surface area contributed by atoms with Gasteiger partial charge in [-0.15, -0.1) is 0 Å². The third-order valence-corrected chi connectivity index (χ3v) is 4.81. The molecule has 0 bridgehead atoms. The lowest BCUT2D eigenvalue weighted by atomic mass is 10.1. The van der Waals surface area contributed by atoms with Crippen molar-refractivity contribution in [2.75, 3.05) is 13.2 Å². The molecule has 0 saturated carbocycles. The molecular formula is C23H20O6. The Morgan fingerprint density at radius 1 is 0.724 bits per heavy atom. The first-order valence-electron chi connectivity index (χ1n) is 9.37. The van der Waals surface area contributed by atoms with Crippen LogP contribution >= 0.6 is 0 Å². The number of carbonyl (C=O) groups is 2. The summed E-state index contributed by atoms with van der Waals surface area (Å²) in [5, 5.41) is 1.77. The maximum Gasteiger partial charge on any atom is 0.374 e. The van der Waals surface area contributed by atoms with Crippen molar-refractivity contribution in [3.05, 3.63) is 71.2 Å². The van der Waals surface area contributed by atoms with Gasteiger partial charge in [0, 0.05) is 28.3 Å². The Labute approximate surface area is 167 Å². The average Bonchev–Trinajstić information content (AvgIpc) is 3.25. The minimum atomic E-state index is -0.529. The van der Waals surface area contributed by atoms with Gasteiger partial charge in [-0.3, -0.25) is 0 Å². The topological polar surface area (TPSA) is 78.9 Å². The third-order valence-electron chi connectivity index (χ3n) is 4.81. The number of ether oxygens (including phenoxy) is 2. The van der Waals surface area contributed by atoms with Crippen LogP contribution in [0.2, 0.25) is 0 Å². The Morgan fingerprint density at radius 3 is 1.55 bits per heavy atom. The van der Waals surface area contributed by atoms with Crippen molar-refractivity contribution in [3.63, 3.8) is 0 Å². The molecule has 0 aliphatic carbocycles. The highest BCUT2D eigenvalue weighted by Gasteiger charge is 2.20. The minimum Gasteiger partial charge on any atom is -0.460 e. The molecule has 2 heterocycles. The van der Waals surface area contributed by atoms with Crippen LogP contribution in [-0.4, -0.2) is 25.2 Å². The summed E-state index contributed by atoms with van der Waals surface area (Å²) in [5.74, 6) is -0.668. The molecule has 0 saturated heterocycles. The van der Waals surface area contributed by atoms with Gasteiger partial charge < -0.3 is 18.3 Å². The van der Waals surface area contributed by atoms with E-state index in [-0.39, 0.29) is 24.7 Å². The number of benzene rings is 2. The van der Waals surface area contributed by atoms with E-state index in [2.05, 4.69) is 0 Å². The first-order valence-corrected chi connectivity index (χ1v) is 9.37. The fraction of sp³-hybridized carbons (Fsp3) is 0.217. The second-order valence-electron chi connectivity index (χ2n) is 6.73. The van der Waals surface area contributed by atoms with E-state index in [4.69, 9.17) is 18.3 Å². The largest absolute Gasteiger partial charge is 0.460 e. The summed E-state index contributed by atoms with van der Waals surface area (Å²) in [7, 11) is 0. The standard InChI is InChI=1S/C23H20O6/c1-14-16-8-3-5-10-18(16)28-20(14)22(24)26-12-7-13-27-23(25)21-15(2)17-9-4-6-11-19(17)29-21/h3-6,8-11H,7,12-13H2,1-2H3. The number of fused-ring (bicyclic) bond motifs is 2. The quantitative estimate of drug-likeness (QED) is 0.331. The molecule has 148 valence electrons. The van der Waals surface area contributed by atoms with Gasteiger partial charge in [0.25, 0.3) is 0 Å². The zero-order valence-electron chi connectivity index (χ0n) is 16.2. The van der Waals surface area contributed by atoms with Crippen molar-refractivity contribution in [1.29, 1.82) is 0 Å². The predicted octanol–water partition coefficient (Wildman–Crippen LogP) is 5.20. The number of aryl methyl sites for hydroxylation is 2. The van der Waals surface area contributed by atoms with Crippen LogP contribution < -0.4 is 0 Å². The summed E-state index contributed by atoms with van der Waals surface area (Å²) in [5.41, 5.74) is 2.79. The fourth-order valence-corrected chi connectivity index (χ4v) is 3.26. The molecule has 4 rings (SSSR count). The maximum atomic E-state index is 12.3. The van der Waals surface area contributed by atoms with Gasteiger partial charge in [-0.2, -0.15) is 0 Å². The highest BCUT2D eigenvalue weighted by Crippen LogP contribution is 2.26. The highest BCUT2D eigenvalue weighted by atomic mass is 16.6. The van der Waals surface area contributed by atoms with E-state index < -0.39 is 11.9 Å². The molecule has 0 unspecified atom stereocenters. The molecule has 0 aliphatic rings. The summed E-state index contributed by atoms with van der Waals surface area (Å²) in [6.07, 6.45) is 0.371. The third kappa shape index (κ3) is 3.61. The van der Waals surface area contributed by atoms with Gasteiger partial charge in [0.15, 0.2) is 0 Å². The van der Waals surface area contributed by atoms with Crippen LogP contribution in [0.3, 0.4) is 0 Å². The second kappa shape index (κ2) is 7.83. The van der Waals surface area contributed by atoms with E-state index in [9.17, 15) is 9.59 Å². The Balaban J connectivity index is 1.29. The van der Waals surface area contributed by atoms with E-state index in [1.807, 2.05) is 50.2 Å². The van der Waals surface area contributed by atoms with E-state index >= 15 is 0 Å². The molecule has 6 nitrogen and oxygen atoms in total. The number of hydrogen-bond donors (Lipinski definition) is 0. The number of furan rings is 2. The van der Waals surface area contributed by atoms with Crippen LogP contribution in [0.5, 0.6) is 0 Å². The summed E-state index contributed by atoms with van der Waals surface area (Å²) in [6.45, 7) is 3.86. The van der Waals surface area contributed by atoms with Gasteiger partial charge >= 0.3 is 11.9 Å². The van der Waals surface area contributed by atoms with Crippen LogP contribution in [0.1, 0.15) is 38.7 Å². The van der Waals surface area contributed by atoms with Gasteiger partial charge in [-0.1, -0.05) is 36.4 Å². The van der Waals surface area contributed by atoms with E-state index in [0.29, 0.717) is 17.6 Å². The zero-order valence-corrected chi connectivity index (χ0v) is 16.2. The molecule has 0 radical (unpaired) electrons. The van der Waals surface area contributed by atoms with Gasteiger partial charge in [0.2, 0.25) is 11.5 Å². The van der Waals surface area contributed by atoms with Crippen molar-refractivity contribution in [2.24, 2.45) is 0 Å². The Kier molecular flexibility index (Phi) is 5.08. The van der Waals surface area contributed by atoms with Gasteiger partial charge in [0.05, 0.1) is 13.2 Å². The minimum absolute atomic E-state index is 0.113. The molecule has 29 heavy (non-hydrogen) atoms. The smallest absolute Gasteiger partial charge is 0.374 e. The fourth-order valence-electron chi connectivity index (χ4n) is 3.26. The van der Waals surface area contributed by atoms with Crippen molar-refractivity contribution in [3.8, 4) is 0 Å². The normalized spacial score (nSPS) is 11.1. The van der Waals surface area contributed by atoms with E-state index in [0.717, 1.165) is 21.9 Å². The molecule has 4 aromatic rings. The summed E-state index contributed by atoms with van der Waals surface area (Å²) in [4.78, 5) is 24.5. The summed E-state index contributed by atoms with van der Waals surface area (Å²) in [6, 6.07) is 14.9. The van der Waals surface area contributed by atoms with Crippen LogP contribution in [0.15, 0.2) is 57.4 Å². The van der Waals surface area contributed by atoms with Crippen LogP contribution in [0, 0.1) is 13.8 Å². The number of rotatable bonds is 6. The molecule has 2 aromatic heterocycles. The molecule has 0 aliphatic heterocycles. The molecule has 2 aromatic carbocycles. The maximum absolute atomic E-state index is 12.3.